The number of halogens is 3. The van der Waals surface area contributed by atoms with E-state index in [1.807, 2.05) is 0 Å². The maximum Gasteiger partial charge on any atom is 0.416 e. The van der Waals surface area contributed by atoms with Crippen LogP contribution in [0.4, 0.5) is 23.7 Å². The molecular formula is C18H21F3N2O3. The Balaban J connectivity index is 2.04. The van der Waals surface area contributed by atoms with Crippen LogP contribution < -0.4 is 10.6 Å². The molecule has 5 nitrogen and oxygen atoms in total. The summed E-state index contributed by atoms with van der Waals surface area (Å²) >= 11 is 0. The molecule has 0 unspecified atom stereocenters. The van der Waals surface area contributed by atoms with Crippen LogP contribution in [0.15, 0.2) is 41.0 Å². The normalized spacial score (nSPS) is 11.9. The summed E-state index contributed by atoms with van der Waals surface area (Å²) in [5.74, 6) is 0.318. The Morgan fingerprint density at radius 2 is 1.88 bits per heavy atom. The van der Waals surface area contributed by atoms with Gasteiger partial charge in [-0.3, -0.25) is 0 Å². The van der Waals surface area contributed by atoms with Crippen molar-refractivity contribution < 1.29 is 27.1 Å². The second-order valence-electron chi connectivity index (χ2n) is 6.59. The lowest BCUT2D eigenvalue weighted by atomic mass is 10.1. The summed E-state index contributed by atoms with van der Waals surface area (Å²) in [6.07, 6.45) is -3.61. The van der Waals surface area contributed by atoms with Crippen molar-refractivity contribution in [3.8, 4) is 11.3 Å². The minimum absolute atomic E-state index is 0.244. The number of alkyl halides is 3. The van der Waals surface area contributed by atoms with Gasteiger partial charge in [0.15, 0.2) is 0 Å². The molecule has 26 heavy (non-hydrogen) atoms. The first-order valence-corrected chi connectivity index (χ1v) is 8.02. The van der Waals surface area contributed by atoms with Crippen LogP contribution in [-0.2, 0) is 10.9 Å². The zero-order valence-electron chi connectivity index (χ0n) is 14.7. The minimum atomic E-state index is -4.45. The number of amides is 1. The van der Waals surface area contributed by atoms with Crippen molar-refractivity contribution >= 4 is 11.8 Å². The predicted molar refractivity (Wildman–Crippen MR) is 91.9 cm³/mol. The molecule has 1 heterocycles. The highest BCUT2D eigenvalue weighted by atomic mass is 19.4. The lowest BCUT2D eigenvalue weighted by Crippen LogP contribution is -2.35. The van der Waals surface area contributed by atoms with Crippen molar-refractivity contribution in [3.63, 3.8) is 0 Å². The molecule has 0 aliphatic carbocycles. The highest BCUT2D eigenvalue weighted by Crippen LogP contribution is 2.36. The first-order chi connectivity index (χ1) is 12.1. The second-order valence-corrected chi connectivity index (χ2v) is 6.59. The van der Waals surface area contributed by atoms with Crippen LogP contribution in [0, 0.1) is 0 Å². The van der Waals surface area contributed by atoms with Gasteiger partial charge in [0.1, 0.15) is 11.4 Å². The third kappa shape index (κ3) is 5.72. The molecule has 0 radical (unpaired) electrons. The van der Waals surface area contributed by atoms with Gasteiger partial charge in [-0.05, 0) is 51.1 Å². The first-order valence-electron chi connectivity index (χ1n) is 8.02. The van der Waals surface area contributed by atoms with E-state index in [4.69, 9.17) is 9.15 Å². The van der Waals surface area contributed by atoms with Gasteiger partial charge < -0.3 is 19.8 Å². The topological polar surface area (TPSA) is 63.5 Å². The van der Waals surface area contributed by atoms with Gasteiger partial charge in [-0.2, -0.15) is 13.2 Å². The Morgan fingerprint density at radius 1 is 1.15 bits per heavy atom. The number of carbonyl (C=O) groups is 1. The van der Waals surface area contributed by atoms with E-state index < -0.39 is 23.4 Å². The number of ether oxygens (including phenoxy) is 1. The SMILES string of the molecule is CC(C)(C)OC(=O)NCCNc1ccc(C(F)(F)F)cc1-c1ccco1. The molecule has 0 bridgehead atoms. The molecule has 0 atom stereocenters. The number of hydrogen-bond donors (Lipinski definition) is 2. The summed E-state index contributed by atoms with van der Waals surface area (Å²) in [5, 5.41) is 5.57. The van der Waals surface area contributed by atoms with Crippen LogP contribution in [0.5, 0.6) is 0 Å². The molecule has 0 fully saturated rings. The van der Waals surface area contributed by atoms with Crippen molar-refractivity contribution in [2.24, 2.45) is 0 Å². The third-order valence-electron chi connectivity index (χ3n) is 3.24. The Hall–Kier alpha value is -2.64. The lowest BCUT2D eigenvalue weighted by molar-refractivity contribution is -0.137. The van der Waals surface area contributed by atoms with Crippen LogP contribution in [0.25, 0.3) is 11.3 Å². The van der Waals surface area contributed by atoms with Crippen molar-refractivity contribution in [3.05, 3.63) is 42.2 Å². The van der Waals surface area contributed by atoms with Crippen molar-refractivity contribution in [2.45, 2.75) is 32.5 Å². The molecular weight excluding hydrogens is 349 g/mol. The number of alkyl carbamates (subject to hydrolysis) is 1. The van der Waals surface area contributed by atoms with Gasteiger partial charge in [0, 0.05) is 24.3 Å². The second kappa shape index (κ2) is 7.72. The van der Waals surface area contributed by atoms with Crippen molar-refractivity contribution in [1.29, 1.82) is 0 Å². The smallest absolute Gasteiger partial charge is 0.416 e. The Labute approximate surface area is 149 Å². The average Bonchev–Trinajstić information content (AvgIpc) is 3.03. The predicted octanol–water partition coefficient (Wildman–Crippen LogP) is 4.90. The summed E-state index contributed by atoms with van der Waals surface area (Å²) in [7, 11) is 0. The first kappa shape index (κ1) is 19.7. The fourth-order valence-corrected chi connectivity index (χ4v) is 2.19. The zero-order chi connectivity index (χ0) is 19.4. The van der Waals surface area contributed by atoms with Gasteiger partial charge in [-0.25, -0.2) is 4.79 Å². The van der Waals surface area contributed by atoms with E-state index in [0.717, 1.165) is 12.1 Å². The molecule has 2 aromatic rings. The number of benzene rings is 1. The van der Waals surface area contributed by atoms with Gasteiger partial charge >= 0.3 is 12.3 Å². The Bertz CT molecular complexity index is 735. The minimum Gasteiger partial charge on any atom is -0.464 e. The van der Waals surface area contributed by atoms with E-state index in [0.29, 0.717) is 23.6 Å². The average molecular weight is 370 g/mol. The Morgan fingerprint density at radius 3 is 2.46 bits per heavy atom. The molecule has 8 heteroatoms. The molecule has 0 aliphatic rings. The van der Waals surface area contributed by atoms with Crippen LogP contribution in [-0.4, -0.2) is 24.8 Å². The standard InChI is InChI=1S/C18H21F3N2O3/c1-17(2,3)26-16(24)23-9-8-22-14-7-6-12(18(19,20)21)11-13(14)15-5-4-10-25-15/h4-7,10-11,22H,8-9H2,1-3H3,(H,23,24). The number of carbonyl (C=O) groups excluding carboxylic acids is 1. The molecule has 2 rings (SSSR count). The Kier molecular flexibility index (Phi) is 5.84. The largest absolute Gasteiger partial charge is 0.464 e. The summed E-state index contributed by atoms with van der Waals surface area (Å²) in [5.41, 5.74) is -0.598. The van der Waals surface area contributed by atoms with Crippen LogP contribution in [0.2, 0.25) is 0 Å². The number of nitrogens with one attached hydrogen (secondary N) is 2. The zero-order valence-corrected chi connectivity index (χ0v) is 14.7. The summed E-state index contributed by atoms with van der Waals surface area (Å²) in [6.45, 7) is 5.81. The van der Waals surface area contributed by atoms with Crippen LogP contribution >= 0.6 is 0 Å². The van der Waals surface area contributed by atoms with Crippen molar-refractivity contribution in [1.82, 2.24) is 5.32 Å². The third-order valence-corrected chi connectivity index (χ3v) is 3.24. The van der Waals surface area contributed by atoms with E-state index in [2.05, 4.69) is 10.6 Å². The van der Waals surface area contributed by atoms with E-state index >= 15 is 0 Å². The molecule has 0 saturated carbocycles. The maximum absolute atomic E-state index is 13.0. The number of hydrogen-bond acceptors (Lipinski definition) is 4. The molecule has 0 saturated heterocycles. The molecule has 0 aliphatic heterocycles. The van der Waals surface area contributed by atoms with Gasteiger partial charge in [0.25, 0.3) is 0 Å². The number of anilines is 1. The maximum atomic E-state index is 13.0. The number of rotatable bonds is 5. The van der Waals surface area contributed by atoms with Crippen molar-refractivity contribution in [2.75, 3.05) is 18.4 Å². The molecule has 1 aromatic carbocycles. The fraction of sp³-hybridized carbons (Fsp3) is 0.389. The molecule has 2 N–H and O–H groups in total. The number of furan rings is 1. The van der Waals surface area contributed by atoms with E-state index in [-0.39, 0.29) is 6.54 Å². The summed E-state index contributed by atoms with van der Waals surface area (Å²) in [4.78, 5) is 11.6. The van der Waals surface area contributed by atoms with Gasteiger partial charge in [-0.15, -0.1) is 0 Å². The van der Waals surface area contributed by atoms with Gasteiger partial charge in [0.05, 0.1) is 11.8 Å². The van der Waals surface area contributed by atoms with E-state index in [9.17, 15) is 18.0 Å². The molecule has 1 amide bonds. The highest BCUT2D eigenvalue weighted by molar-refractivity contribution is 5.75. The monoisotopic (exact) mass is 370 g/mol. The quantitative estimate of drug-likeness (QED) is 0.735. The van der Waals surface area contributed by atoms with E-state index in [1.165, 1.54) is 12.3 Å². The molecule has 0 spiro atoms. The highest BCUT2D eigenvalue weighted by Gasteiger charge is 2.31. The summed E-state index contributed by atoms with van der Waals surface area (Å²) < 4.78 is 49.2. The van der Waals surface area contributed by atoms with Crippen LogP contribution in [0.3, 0.4) is 0 Å². The summed E-state index contributed by atoms with van der Waals surface area (Å²) in [6, 6.07) is 6.55. The fourth-order valence-electron chi connectivity index (χ4n) is 2.19. The molecule has 142 valence electrons. The lowest BCUT2D eigenvalue weighted by Gasteiger charge is -2.20. The van der Waals surface area contributed by atoms with Crippen LogP contribution in [0.1, 0.15) is 26.3 Å². The molecule has 1 aromatic heterocycles. The van der Waals surface area contributed by atoms with Gasteiger partial charge in [-0.1, -0.05) is 0 Å². The van der Waals surface area contributed by atoms with E-state index in [1.54, 1.807) is 32.9 Å². The van der Waals surface area contributed by atoms with Gasteiger partial charge in [0.2, 0.25) is 0 Å².